The van der Waals surface area contributed by atoms with Crippen LogP contribution < -0.4 is 0 Å². The Morgan fingerprint density at radius 3 is 1.75 bits per heavy atom. The number of hydrogen-bond acceptors (Lipinski definition) is 4. The van der Waals surface area contributed by atoms with E-state index in [9.17, 15) is 0 Å². The average Bonchev–Trinajstić information content (AvgIpc) is 2.30. The first kappa shape index (κ1) is 11.4. The maximum Gasteiger partial charge on any atom is 0.117 e. The predicted molar refractivity (Wildman–Crippen MR) is 63.6 cm³/mol. The molecule has 0 bridgehead atoms. The SMILES string of the molecule is CC1CCON=C1CCC1=NOCCC1C. The van der Waals surface area contributed by atoms with E-state index in [2.05, 4.69) is 24.2 Å². The van der Waals surface area contributed by atoms with Gasteiger partial charge in [-0.3, -0.25) is 0 Å². The summed E-state index contributed by atoms with van der Waals surface area (Å²) in [6.07, 6.45) is 4.07. The Balaban J connectivity index is 1.86. The van der Waals surface area contributed by atoms with Crippen molar-refractivity contribution in [3.05, 3.63) is 0 Å². The second-order valence-electron chi connectivity index (χ2n) is 4.71. The fourth-order valence-corrected chi connectivity index (χ4v) is 2.07. The van der Waals surface area contributed by atoms with E-state index in [1.54, 1.807) is 0 Å². The van der Waals surface area contributed by atoms with E-state index in [4.69, 9.17) is 9.68 Å². The van der Waals surface area contributed by atoms with E-state index in [1.807, 2.05) is 0 Å². The Bertz CT molecular complexity index is 269. The first-order valence-electron chi connectivity index (χ1n) is 6.15. The van der Waals surface area contributed by atoms with Gasteiger partial charge in [0.25, 0.3) is 0 Å². The van der Waals surface area contributed by atoms with Crippen LogP contribution in [0.1, 0.15) is 39.5 Å². The molecule has 2 heterocycles. The number of rotatable bonds is 3. The lowest BCUT2D eigenvalue weighted by Crippen LogP contribution is -2.23. The average molecular weight is 224 g/mol. The Morgan fingerprint density at radius 1 is 0.938 bits per heavy atom. The molecule has 4 nitrogen and oxygen atoms in total. The molecular formula is C12H20N2O2. The van der Waals surface area contributed by atoms with Crippen molar-refractivity contribution >= 4 is 11.4 Å². The smallest absolute Gasteiger partial charge is 0.117 e. The minimum atomic E-state index is 0.550. The van der Waals surface area contributed by atoms with Gasteiger partial charge in [-0.25, -0.2) is 0 Å². The highest BCUT2D eigenvalue weighted by atomic mass is 16.6. The van der Waals surface area contributed by atoms with Crippen LogP contribution in [0.25, 0.3) is 0 Å². The summed E-state index contributed by atoms with van der Waals surface area (Å²) in [7, 11) is 0. The lowest BCUT2D eigenvalue weighted by atomic mass is 9.92. The molecule has 0 saturated heterocycles. The lowest BCUT2D eigenvalue weighted by Gasteiger charge is -2.21. The first-order chi connectivity index (χ1) is 7.77. The lowest BCUT2D eigenvalue weighted by molar-refractivity contribution is 0.117. The molecule has 0 aliphatic carbocycles. The molecule has 0 fully saturated rings. The fourth-order valence-electron chi connectivity index (χ4n) is 2.07. The number of nitrogens with zero attached hydrogens (tertiary/aromatic N) is 2. The molecule has 0 N–H and O–H groups in total. The molecule has 0 aromatic heterocycles. The van der Waals surface area contributed by atoms with Gasteiger partial charge in [-0.1, -0.05) is 24.2 Å². The summed E-state index contributed by atoms with van der Waals surface area (Å²) in [5.41, 5.74) is 2.35. The van der Waals surface area contributed by atoms with Crippen LogP contribution in [0.15, 0.2) is 10.3 Å². The maximum absolute atomic E-state index is 5.14. The highest BCUT2D eigenvalue weighted by molar-refractivity contribution is 5.93. The molecule has 2 aliphatic rings. The predicted octanol–water partition coefficient (Wildman–Crippen LogP) is 2.59. The van der Waals surface area contributed by atoms with Gasteiger partial charge in [-0.2, -0.15) is 0 Å². The summed E-state index contributed by atoms with van der Waals surface area (Å²) in [6, 6.07) is 0. The number of hydrogen-bond donors (Lipinski definition) is 0. The van der Waals surface area contributed by atoms with Gasteiger partial charge in [0.1, 0.15) is 13.2 Å². The Hall–Kier alpha value is -1.06. The summed E-state index contributed by atoms with van der Waals surface area (Å²) in [4.78, 5) is 10.3. The zero-order valence-corrected chi connectivity index (χ0v) is 10.1. The molecule has 2 rings (SSSR count). The topological polar surface area (TPSA) is 43.2 Å². The zero-order chi connectivity index (χ0) is 11.4. The highest BCUT2D eigenvalue weighted by Crippen LogP contribution is 2.19. The molecule has 0 aromatic carbocycles. The van der Waals surface area contributed by atoms with E-state index in [1.165, 1.54) is 11.4 Å². The highest BCUT2D eigenvalue weighted by Gasteiger charge is 2.20. The van der Waals surface area contributed by atoms with E-state index >= 15 is 0 Å². The Labute approximate surface area is 96.7 Å². The van der Waals surface area contributed by atoms with Crippen LogP contribution in [0.4, 0.5) is 0 Å². The van der Waals surface area contributed by atoms with Crippen molar-refractivity contribution in [3.63, 3.8) is 0 Å². The third-order valence-electron chi connectivity index (χ3n) is 3.42. The van der Waals surface area contributed by atoms with Gasteiger partial charge in [0.05, 0.1) is 11.4 Å². The monoisotopic (exact) mass is 224 g/mol. The van der Waals surface area contributed by atoms with Gasteiger partial charge < -0.3 is 9.68 Å². The largest absolute Gasteiger partial charge is 0.396 e. The van der Waals surface area contributed by atoms with Crippen molar-refractivity contribution in [2.24, 2.45) is 22.1 Å². The van der Waals surface area contributed by atoms with Crippen LogP contribution in [-0.2, 0) is 9.68 Å². The molecule has 4 heteroatoms. The first-order valence-corrected chi connectivity index (χ1v) is 6.15. The van der Waals surface area contributed by atoms with Gasteiger partial charge >= 0.3 is 0 Å². The Morgan fingerprint density at radius 2 is 1.38 bits per heavy atom. The van der Waals surface area contributed by atoms with Gasteiger partial charge in [0, 0.05) is 11.8 Å². The van der Waals surface area contributed by atoms with Crippen LogP contribution >= 0.6 is 0 Å². The summed E-state index contributed by atoms with van der Waals surface area (Å²) in [6.45, 7) is 5.93. The molecule has 0 saturated carbocycles. The summed E-state index contributed by atoms with van der Waals surface area (Å²) in [5.74, 6) is 1.10. The number of oxime groups is 2. The van der Waals surface area contributed by atoms with Gasteiger partial charge in [-0.05, 0) is 25.7 Å². The normalized spacial score (nSPS) is 29.9. The molecule has 2 unspecified atom stereocenters. The summed E-state index contributed by atoms with van der Waals surface area (Å²) < 4.78 is 0. The van der Waals surface area contributed by atoms with E-state index in [0.29, 0.717) is 11.8 Å². The maximum atomic E-state index is 5.14. The van der Waals surface area contributed by atoms with Crippen molar-refractivity contribution in [2.75, 3.05) is 13.2 Å². The molecular weight excluding hydrogens is 204 g/mol. The van der Waals surface area contributed by atoms with Crippen LogP contribution in [0, 0.1) is 11.8 Å². The molecule has 16 heavy (non-hydrogen) atoms. The van der Waals surface area contributed by atoms with Crippen molar-refractivity contribution in [3.8, 4) is 0 Å². The standard InChI is InChI=1S/C12H20N2O2/c1-9-5-7-15-13-11(9)3-4-12-10(2)6-8-16-14-12/h9-10H,3-8H2,1-2H3. The molecule has 0 amide bonds. The second-order valence-corrected chi connectivity index (χ2v) is 4.71. The molecule has 90 valence electrons. The van der Waals surface area contributed by atoms with E-state index in [0.717, 1.165) is 38.9 Å². The molecule has 0 aromatic rings. The van der Waals surface area contributed by atoms with Crippen molar-refractivity contribution in [1.29, 1.82) is 0 Å². The minimum absolute atomic E-state index is 0.550. The minimum Gasteiger partial charge on any atom is -0.396 e. The van der Waals surface area contributed by atoms with Gasteiger partial charge in [-0.15, -0.1) is 0 Å². The van der Waals surface area contributed by atoms with Crippen LogP contribution in [0.2, 0.25) is 0 Å². The fraction of sp³-hybridized carbons (Fsp3) is 0.833. The quantitative estimate of drug-likeness (QED) is 0.739. The van der Waals surface area contributed by atoms with Crippen molar-refractivity contribution in [2.45, 2.75) is 39.5 Å². The molecule has 0 radical (unpaired) electrons. The second kappa shape index (κ2) is 5.32. The molecule has 2 atom stereocenters. The van der Waals surface area contributed by atoms with Crippen LogP contribution in [0.3, 0.4) is 0 Å². The summed E-state index contributed by atoms with van der Waals surface area (Å²) >= 11 is 0. The van der Waals surface area contributed by atoms with Crippen LogP contribution in [0.5, 0.6) is 0 Å². The van der Waals surface area contributed by atoms with Crippen molar-refractivity contribution in [1.82, 2.24) is 0 Å². The Kier molecular flexibility index (Phi) is 3.80. The molecule has 2 aliphatic heterocycles. The summed E-state index contributed by atoms with van der Waals surface area (Å²) in [5, 5.41) is 8.28. The third kappa shape index (κ3) is 2.74. The van der Waals surface area contributed by atoms with Gasteiger partial charge in [0.15, 0.2) is 0 Å². The van der Waals surface area contributed by atoms with Gasteiger partial charge in [0.2, 0.25) is 0 Å². The van der Waals surface area contributed by atoms with E-state index in [-0.39, 0.29) is 0 Å². The zero-order valence-electron chi connectivity index (χ0n) is 10.1. The third-order valence-corrected chi connectivity index (χ3v) is 3.42. The van der Waals surface area contributed by atoms with E-state index < -0.39 is 0 Å². The van der Waals surface area contributed by atoms with Crippen molar-refractivity contribution < 1.29 is 9.68 Å². The van der Waals surface area contributed by atoms with Crippen LogP contribution in [-0.4, -0.2) is 24.6 Å². The molecule has 0 spiro atoms.